The Balaban J connectivity index is 0.00000261. The normalized spacial score (nSPS) is 22.4. The number of benzene rings is 1. The molecule has 0 aliphatic carbocycles. The number of methoxy groups -OCH3 is 1. The Hall–Kier alpha value is -0.610. The largest absolute Gasteiger partial charge is 0.379 e. The van der Waals surface area contributed by atoms with Gasteiger partial charge in [0.05, 0.1) is 19.3 Å². The zero-order chi connectivity index (χ0) is 18.4. The van der Waals surface area contributed by atoms with Crippen molar-refractivity contribution in [1.82, 2.24) is 15.1 Å². The number of morpholine rings is 1. The molecule has 0 spiro atoms. The van der Waals surface area contributed by atoms with Crippen LogP contribution in [0.15, 0.2) is 29.3 Å². The molecule has 2 fully saturated rings. The van der Waals surface area contributed by atoms with Gasteiger partial charge in [0.25, 0.3) is 0 Å². The molecule has 0 amide bonds. The summed E-state index contributed by atoms with van der Waals surface area (Å²) in [6, 6.07) is 8.40. The van der Waals surface area contributed by atoms with Crippen molar-refractivity contribution in [1.29, 1.82) is 0 Å². The summed E-state index contributed by atoms with van der Waals surface area (Å²) in [5.74, 6) is 0.935. The van der Waals surface area contributed by atoms with Gasteiger partial charge in [0, 0.05) is 57.9 Å². The second kappa shape index (κ2) is 11.4. The minimum Gasteiger partial charge on any atom is -0.379 e. The van der Waals surface area contributed by atoms with Crippen molar-refractivity contribution in [2.75, 3.05) is 60.1 Å². The molecule has 2 heterocycles. The predicted molar refractivity (Wildman–Crippen MR) is 120 cm³/mol. The van der Waals surface area contributed by atoms with Gasteiger partial charge in [0.15, 0.2) is 5.96 Å². The summed E-state index contributed by atoms with van der Waals surface area (Å²) < 4.78 is 11.1. The molecule has 0 aromatic heterocycles. The third-order valence-corrected chi connectivity index (χ3v) is 5.42. The number of guanidine groups is 1. The highest BCUT2D eigenvalue weighted by atomic mass is 127. The van der Waals surface area contributed by atoms with Gasteiger partial charge >= 0.3 is 0 Å². The third kappa shape index (κ3) is 6.19. The van der Waals surface area contributed by atoms with Crippen molar-refractivity contribution < 1.29 is 9.47 Å². The predicted octanol–water partition coefficient (Wildman–Crippen LogP) is 2.63. The van der Waals surface area contributed by atoms with Crippen LogP contribution in [0, 0.1) is 0 Å². The number of hydrogen-bond donors (Lipinski definition) is 1. The average molecular weight is 509 g/mol. The number of halogens is 2. The first-order valence-corrected chi connectivity index (χ1v) is 9.64. The highest BCUT2D eigenvalue weighted by Crippen LogP contribution is 2.21. The van der Waals surface area contributed by atoms with Crippen LogP contribution in [0.1, 0.15) is 18.1 Å². The molecule has 1 aromatic rings. The molecule has 1 aromatic carbocycles. The minimum absolute atomic E-state index is 0. The number of ether oxygens (including phenoxy) is 2. The van der Waals surface area contributed by atoms with Crippen molar-refractivity contribution in [3.8, 4) is 0 Å². The maximum Gasteiger partial charge on any atom is 0.193 e. The van der Waals surface area contributed by atoms with Gasteiger partial charge in [-0.3, -0.25) is 9.89 Å². The maximum absolute atomic E-state index is 6.11. The summed E-state index contributed by atoms with van der Waals surface area (Å²) in [6.07, 6.45) is 1.10. The fourth-order valence-corrected chi connectivity index (χ4v) is 3.93. The number of nitrogens with zero attached hydrogens (tertiary/aromatic N) is 3. The SMILES string of the molecule is CN=C(NCC(OC)c1cccc(Cl)c1)N1CCC(N2CCOCC2)C1.I. The van der Waals surface area contributed by atoms with Crippen LogP contribution in [0.4, 0.5) is 0 Å². The second-order valence-electron chi connectivity index (χ2n) is 6.74. The van der Waals surface area contributed by atoms with Crippen LogP contribution in [-0.4, -0.2) is 81.9 Å². The molecule has 3 rings (SSSR count). The van der Waals surface area contributed by atoms with Crippen molar-refractivity contribution in [2.24, 2.45) is 4.99 Å². The van der Waals surface area contributed by atoms with E-state index in [0.29, 0.717) is 12.6 Å². The van der Waals surface area contributed by atoms with E-state index in [0.717, 1.165) is 55.9 Å². The van der Waals surface area contributed by atoms with Crippen molar-refractivity contribution >= 4 is 41.5 Å². The maximum atomic E-state index is 6.11. The lowest BCUT2D eigenvalue weighted by molar-refractivity contribution is 0.0194. The van der Waals surface area contributed by atoms with E-state index in [2.05, 4.69) is 20.1 Å². The van der Waals surface area contributed by atoms with E-state index in [9.17, 15) is 0 Å². The monoisotopic (exact) mass is 508 g/mol. The molecule has 2 unspecified atom stereocenters. The van der Waals surface area contributed by atoms with E-state index in [1.54, 1.807) is 7.11 Å². The van der Waals surface area contributed by atoms with Crippen LogP contribution < -0.4 is 5.32 Å². The van der Waals surface area contributed by atoms with Gasteiger partial charge in [-0.1, -0.05) is 23.7 Å². The molecule has 2 saturated heterocycles. The molecule has 2 aliphatic heterocycles. The molecule has 0 saturated carbocycles. The second-order valence-corrected chi connectivity index (χ2v) is 7.18. The zero-order valence-electron chi connectivity index (χ0n) is 16.1. The molecular weight excluding hydrogens is 479 g/mol. The minimum atomic E-state index is -0.0666. The first kappa shape index (κ1) is 22.7. The van der Waals surface area contributed by atoms with Gasteiger partial charge in [0.2, 0.25) is 0 Å². The van der Waals surface area contributed by atoms with Gasteiger partial charge in [-0.2, -0.15) is 0 Å². The topological polar surface area (TPSA) is 49.3 Å². The van der Waals surface area contributed by atoms with Crippen LogP contribution >= 0.6 is 35.6 Å². The van der Waals surface area contributed by atoms with Gasteiger partial charge in [-0.05, 0) is 24.1 Å². The number of hydrogen-bond acceptors (Lipinski definition) is 4. The summed E-state index contributed by atoms with van der Waals surface area (Å²) in [4.78, 5) is 9.35. The lowest BCUT2D eigenvalue weighted by atomic mass is 10.1. The van der Waals surface area contributed by atoms with Crippen LogP contribution in [0.25, 0.3) is 0 Å². The fraction of sp³-hybridized carbons (Fsp3) is 0.632. The number of likely N-dealkylation sites (tertiary alicyclic amines) is 1. The van der Waals surface area contributed by atoms with Crippen LogP contribution in [0.3, 0.4) is 0 Å². The molecule has 0 radical (unpaired) electrons. The van der Waals surface area contributed by atoms with Gasteiger partial charge in [-0.25, -0.2) is 0 Å². The molecule has 2 atom stereocenters. The number of aliphatic imine (C=N–C) groups is 1. The first-order chi connectivity index (χ1) is 12.7. The Morgan fingerprint density at radius 2 is 2.15 bits per heavy atom. The number of rotatable bonds is 5. The van der Waals surface area contributed by atoms with Crippen LogP contribution in [-0.2, 0) is 9.47 Å². The standard InChI is InChI=1S/C19H29ClN4O2.HI/c1-21-19(22-13-18(25-2)15-4-3-5-16(20)12-15)24-7-6-17(14-24)23-8-10-26-11-9-23;/h3-5,12,17-18H,6-11,13-14H2,1-2H3,(H,21,22);1H. The summed E-state index contributed by atoms with van der Waals surface area (Å²) >= 11 is 6.11. The van der Waals surface area contributed by atoms with E-state index in [-0.39, 0.29) is 30.1 Å². The zero-order valence-corrected chi connectivity index (χ0v) is 19.2. The lowest BCUT2D eigenvalue weighted by Gasteiger charge is -2.32. The number of nitrogens with one attached hydrogen (secondary N) is 1. The lowest BCUT2D eigenvalue weighted by Crippen LogP contribution is -2.47. The molecule has 27 heavy (non-hydrogen) atoms. The molecule has 152 valence electrons. The molecule has 8 heteroatoms. The van der Waals surface area contributed by atoms with Gasteiger partial charge in [0.1, 0.15) is 0 Å². The highest BCUT2D eigenvalue weighted by Gasteiger charge is 2.30. The van der Waals surface area contributed by atoms with Crippen molar-refractivity contribution in [3.63, 3.8) is 0 Å². The summed E-state index contributed by atoms with van der Waals surface area (Å²) in [7, 11) is 3.56. The van der Waals surface area contributed by atoms with Crippen molar-refractivity contribution in [3.05, 3.63) is 34.9 Å². The summed E-state index contributed by atoms with van der Waals surface area (Å²) in [5.41, 5.74) is 1.07. The Morgan fingerprint density at radius 1 is 1.37 bits per heavy atom. The smallest absolute Gasteiger partial charge is 0.193 e. The van der Waals surface area contributed by atoms with E-state index < -0.39 is 0 Å². The first-order valence-electron chi connectivity index (χ1n) is 9.27. The third-order valence-electron chi connectivity index (χ3n) is 5.19. The van der Waals surface area contributed by atoms with E-state index >= 15 is 0 Å². The van der Waals surface area contributed by atoms with Gasteiger partial charge in [-0.15, -0.1) is 24.0 Å². The summed E-state index contributed by atoms with van der Waals surface area (Å²) in [6.45, 7) is 6.45. The quantitative estimate of drug-likeness (QED) is 0.376. The molecular formula is C19H30ClIN4O2. The van der Waals surface area contributed by atoms with E-state index in [4.69, 9.17) is 21.1 Å². The average Bonchev–Trinajstić information content (AvgIpc) is 3.16. The molecule has 1 N–H and O–H groups in total. The molecule has 0 bridgehead atoms. The van der Waals surface area contributed by atoms with Crippen LogP contribution in [0.5, 0.6) is 0 Å². The highest BCUT2D eigenvalue weighted by molar-refractivity contribution is 14.0. The van der Waals surface area contributed by atoms with Crippen LogP contribution in [0.2, 0.25) is 5.02 Å². The molecule has 2 aliphatic rings. The van der Waals surface area contributed by atoms with E-state index in [1.807, 2.05) is 31.3 Å². The Morgan fingerprint density at radius 3 is 2.81 bits per heavy atom. The van der Waals surface area contributed by atoms with Crippen molar-refractivity contribution in [2.45, 2.75) is 18.6 Å². The molecule has 6 nitrogen and oxygen atoms in total. The summed E-state index contributed by atoms with van der Waals surface area (Å²) in [5, 5.41) is 4.19. The fourth-order valence-electron chi connectivity index (χ4n) is 3.74. The Kier molecular flexibility index (Phi) is 9.58. The Labute approximate surface area is 184 Å². The Bertz CT molecular complexity index is 613. The van der Waals surface area contributed by atoms with Gasteiger partial charge < -0.3 is 19.7 Å². The van der Waals surface area contributed by atoms with E-state index in [1.165, 1.54) is 6.42 Å².